The number of amides is 1. The molecular weight excluding hydrogens is 238 g/mol. The molecule has 1 unspecified atom stereocenters. The van der Waals surface area contributed by atoms with Crippen LogP contribution in [0.1, 0.15) is 31.4 Å². The number of carbonyl (C=O) groups excluding carboxylic acids is 1. The topological polar surface area (TPSA) is 38.1 Å². The Balaban J connectivity index is 2.35. The van der Waals surface area contributed by atoms with Crippen LogP contribution in [0.25, 0.3) is 11.4 Å². The molecule has 2 heterocycles. The number of aryl methyl sites for hydroxylation is 1. The van der Waals surface area contributed by atoms with E-state index in [1.54, 1.807) is 6.92 Å². The standard InChI is InChI=1S/C15H17N3O/c1-9-10(2)17-11(3)18(12(4)19)14-8-6-5-7-13(14)15(17)16-9/h5-8,11H,1-4H3. The minimum absolute atomic E-state index is 0.0383. The molecule has 0 saturated carbocycles. The Hall–Kier alpha value is -2.10. The quantitative estimate of drug-likeness (QED) is 0.725. The van der Waals surface area contributed by atoms with Crippen molar-refractivity contribution in [2.24, 2.45) is 0 Å². The Morgan fingerprint density at radius 1 is 1.26 bits per heavy atom. The molecule has 1 aromatic carbocycles. The van der Waals surface area contributed by atoms with Gasteiger partial charge in [-0.3, -0.25) is 9.69 Å². The normalized spacial score (nSPS) is 17.1. The molecule has 0 saturated heterocycles. The van der Waals surface area contributed by atoms with E-state index in [1.165, 1.54) is 0 Å². The molecule has 98 valence electrons. The van der Waals surface area contributed by atoms with Crippen LogP contribution in [0.3, 0.4) is 0 Å². The van der Waals surface area contributed by atoms with Crippen LogP contribution in [0.2, 0.25) is 0 Å². The fourth-order valence-corrected chi connectivity index (χ4v) is 2.90. The predicted molar refractivity (Wildman–Crippen MR) is 75.0 cm³/mol. The molecule has 1 aliphatic rings. The Labute approximate surface area is 112 Å². The number of anilines is 1. The van der Waals surface area contributed by atoms with E-state index in [1.807, 2.05) is 43.0 Å². The van der Waals surface area contributed by atoms with E-state index >= 15 is 0 Å². The van der Waals surface area contributed by atoms with E-state index < -0.39 is 0 Å². The number of nitrogens with zero attached hydrogens (tertiary/aromatic N) is 3. The minimum Gasteiger partial charge on any atom is -0.307 e. The molecule has 4 nitrogen and oxygen atoms in total. The molecule has 1 aliphatic heterocycles. The second-order valence-corrected chi connectivity index (χ2v) is 5.01. The van der Waals surface area contributed by atoms with Crippen molar-refractivity contribution in [2.45, 2.75) is 33.9 Å². The number of rotatable bonds is 0. The van der Waals surface area contributed by atoms with E-state index in [4.69, 9.17) is 0 Å². The van der Waals surface area contributed by atoms with Gasteiger partial charge in [0, 0.05) is 18.2 Å². The third kappa shape index (κ3) is 1.52. The monoisotopic (exact) mass is 255 g/mol. The summed E-state index contributed by atoms with van der Waals surface area (Å²) in [6, 6.07) is 7.95. The first-order valence-corrected chi connectivity index (χ1v) is 6.47. The molecule has 3 rings (SSSR count). The van der Waals surface area contributed by atoms with E-state index in [0.717, 1.165) is 28.5 Å². The summed E-state index contributed by atoms with van der Waals surface area (Å²) in [4.78, 5) is 18.5. The molecule has 0 radical (unpaired) electrons. The lowest BCUT2D eigenvalue weighted by atomic mass is 10.1. The van der Waals surface area contributed by atoms with Gasteiger partial charge < -0.3 is 4.57 Å². The van der Waals surface area contributed by atoms with E-state index in [2.05, 4.69) is 16.5 Å². The summed E-state index contributed by atoms with van der Waals surface area (Å²) >= 11 is 0. The van der Waals surface area contributed by atoms with Gasteiger partial charge in [-0.2, -0.15) is 0 Å². The van der Waals surface area contributed by atoms with Crippen LogP contribution >= 0.6 is 0 Å². The van der Waals surface area contributed by atoms with Gasteiger partial charge in [0.15, 0.2) is 0 Å². The van der Waals surface area contributed by atoms with Crippen LogP contribution in [0.15, 0.2) is 24.3 Å². The largest absolute Gasteiger partial charge is 0.307 e. The van der Waals surface area contributed by atoms with Gasteiger partial charge in [0.1, 0.15) is 12.0 Å². The van der Waals surface area contributed by atoms with Crippen LogP contribution < -0.4 is 4.90 Å². The molecule has 0 N–H and O–H groups in total. The lowest BCUT2D eigenvalue weighted by Gasteiger charge is -2.36. The Morgan fingerprint density at radius 3 is 2.63 bits per heavy atom. The number of imidazole rings is 1. The van der Waals surface area contributed by atoms with Crippen molar-refractivity contribution in [1.29, 1.82) is 0 Å². The molecule has 0 fully saturated rings. The lowest BCUT2D eigenvalue weighted by molar-refractivity contribution is -0.117. The van der Waals surface area contributed by atoms with Crippen molar-refractivity contribution < 1.29 is 4.79 Å². The van der Waals surface area contributed by atoms with Crippen molar-refractivity contribution in [3.8, 4) is 11.4 Å². The number of hydrogen-bond donors (Lipinski definition) is 0. The summed E-state index contributed by atoms with van der Waals surface area (Å²) in [5, 5.41) is 0. The Morgan fingerprint density at radius 2 is 1.95 bits per heavy atom. The van der Waals surface area contributed by atoms with E-state index in [-0.39, 0.29) is 12.1 Å². The summed E-state index contributed by atoms with van der Waals surface area (Å²) in [7, 11) is 0. The highest BCUT2D eigenvalue weighted by atomic mass is 16.2. The number of carbonyl (C=O) groups is 1. The van der Waals surface area contributed by atoms with Crippen molar-refractivity contribution in [3.05, 3.63) is 35.7 Å². The summed E-state index contributed by atoms with van der Waals surface area (Å²) in [5.74, 6) is 1.01. The number of benzene rings is 1. The predicted octanol–water partition coefficient (Wildman–Crippen LogP) is 3.05. The molecule has 1 amide bonds. The van der Waals surface area contributed by atoms with Gasteiger partial charge in [0.25, 0.3) is 0 Å². The van der Waals surface area contributed by atoms with Crippen molar-refractivity contribution in [2.75, 3.05) is 4.90 Å². The SMILES string of the molecule is CC(=O)N1c2ccccc2-c2nc(C)c(C)n2C1C. The first-order valence-electron chi connectivity index (χ1n) is 6.47. The van der Waals surface area contributed by atoms with Crippen LogP contribution in [-0.4, -0.2) is 15.5 Å². The maximum Gasteiger partial charge on any atom is 0.225 e. The van der Waals surface area contributed by atoms with Crippen molar-refractivity contribution in [3.63, 3.8) is 0 Å². The maximum atomic E-state index is 12.0. The molecule has 0 aliphatic carbocycles. The van der Waals surface area contributed by atoms with Crippen molar-refractivity contribution in [1.82, 2.24) is 9.55 Å². The fourth-order valence-electron chi connectivity index (χ4n) is 2.90. The molecule has 0 spiro atoms. The zero-order valence-corrected chi connectivity index (χ0v) is 11.6. The zero-order chi connectivity index (χ0) is 13.7. The van der Waals surface area contributed by atoms with Crippen molar-refractivity contribution >= 4 is 11.6 Å². The lowest BCUT2D eigenvalue weighted by Crippen LogP contribution is -2.38. The molecule has 4 heteroatoms. The summed E-state index contributed by atoms with van der Waals surface area (Å²) in [5.41, 5.74) is 4.09. The van der Waals surface area contributed by atoms with Gasteiger partial charge in [-0.05, 0) is 32.9 Å². The third-order valence-corrected chi connectivity index (χ3v) is 3.88. The number of para-hydroxylation sites is 1. The summed E-state index contributed by atoms with van der Waals surface area (Å²) in [6.45, 7) is 7.70. The van der Waals surface area contributed by atoms with E-state index in [0.29, 0.717) is 0 Å². The second kappa shape index (κ2) is 3.95. The van der Waals surface area contributed by atoms with Gasteiger partial charge in [-0.1, -0.05) is 12.1 Å². The molecule has 19 heavy (non-hydrogen) atoms. The third-order valence-electron chi connectivity index (χ3n) is 3.88. The van der Waals surface area contributed by atoms with Crippen LogP contribution in [0.5, 0.6) is 0 Å². The molecule has 1 aromatic heterocycles. The average Bonchev–Trinajstić information content (AvgIpc) is 2.66. The van der Waals surface area contributed by atoms with Crippen LogP contribution in [-0.2, 0) is 4.79 Å². The van der Waals surface area contributed by atoms with Gasteiger partial charge in [0.05, 0.1) is 11.4 Å². The highest BCUT2D eigenvalue weighted by Gasteiger charge is 2.32. The Bertz CT molecular complexity index is 672. The van der Waals surface area contributed by atoms with Gasteiger partial charge in [0.2, 0.25) is 5.91 Å². The smallest absolute Gasteiger partial charge is 0.225 e. The fraction of sp³-hybridized carbons (Fsp3) is 0.333. The van der Waals surface area contributed by atoms with Gasteiger partial charge >= 0.3 is 0 Å². The van der Waals surface area contributed by atoms with E-state index in [9.17, 15) is 4.79 Å². The van der Waals surface area contributed by atoms with Crippen LogP contribution in [0.4, 0.5) is 5.69 Å². The first kappa shape index (κ1) is 12.0. The highest BCUT2D eigenvalue weighted by molar-refractivity contribution is 5.97. The first-order chi connectivity index (χ1) is 9.02. The molecular formula is C15H17N3O. The summed E-state index contributed by atoms with van der Waals surface area (Å²) < 4.78 is 2.14. The van der Waals surface area contributed by atoms with Gasteiger partial charge in [-0.15, -0.1) is 0 Å². The average molecular weight is 255 g/mol. The van der Waals surface area contributed by atoms with Gasteiger partial charge in [-0.25, -0.2) is 4.98 Å². The summed E-state index contributed by atoms with van der Waals surface area (Å²) in [6.07, 6.45) is -0.0383. The molecule has 0 bridgehead atoms. The maximum absolute atomic E-state index is 12.0. The zero-order valence-electron chi connectivity index (χ0n) is 11.6. The number of aromatic nitrogens is 2. The Kier molecular flexibility index (Phi) is 2.49. The highest BCUT2D eigenvalue weighted by Crippen LogP contribution is 2.41. The second-order valence-electron chi connectivity index (χ2n) is 5.01. The number of fused-ring (bicyclic) bond motifs is 3. The number of hydrogen-bond acceptors (Lipinski definition) is 2. The molecule has 1 atom stereocenters. The van der Waals surface area contributed by atoms with Crippen LogP contribution in [0, 0.1) is 13.8 Å². The minimum atomic E-state index is -0.0383. The molecule has 2 aromatic rings.